The van der Waals surface area contributed by atoms with Gasteiger partial charge in [0.25, 0.3) is 5.69 Å². The van der Waals surface area contributed by atoms with Gasteiger partial charge in [0.2, 0.25) is 5.91 Å². The number of nitrogens with one attached hydrogen (secondary N) is 1. The van der Waals surface area contributed by atoms with Gasteiger partial charge in [-0.3, -0.25) is 14.9 Å². The molecule has 0 fully saturated rings. The standard InChI is InChI=1S/C20H24N2O5S/c1-2-26-10-11-27-14-17-5-3-4-16(12-17)13-21-20(23)15-28-19-8-6-18(7-9-19)22(24)25/h3-9,12H,2,10-11,13-15H2,1H3,(H,21,23). The number of ether oxygens (including phenoxy) is 2. The van der Waals surface area contributed by atoms with E-state index < -0.39 is 4.92 Å². The van der Waals surface area contributed by atoms with Crippen molar-refractivity contribution in [2.24, 2.45) is 0 Å². The van der Waals surface area contributed by atoms with Crippen LogP contribution in [0.3, 0.4) is 0 Å². The number of thioether (sulfide) groups is 1. The third kappa shape index (κ3) is 8.08. The molecule has 1 amide bonds. The summed E-state index contributed by atoms with van der Waals surface area (Å²) in [6.45, 7) is 4.70. The summed E-state index contributed by atoms with van der Waals surface area (Å²) in [7, 11) is 0. The van der Waals surface area contributed by atoms with Crippen LogP contribution >= 0.6 is 11.8 Å². The molecular weight excluding hydrogens is 380 g/mol. The van der Waals surface area contributed by atoms with Crippen LogP contribution in [0.15, 0.2) is 53.4 Å². The molecular formula is C20H24N2O5S. The van der Waals surface area contributed by atoms with Gasteiger partial charge < -0.3 is 14.8 Å². The maximum atomic E-state index is 12.0. The lowest BCUT2D eigenvalue weighted by Gasteiger charge is -2.08. The molecule has 0 spiro atoms. The van der Waals surface area contributed by atoms with Crippen molar-refractivity contribution in [3.8, 4) is 0 Å². The summed E-state index contributed by atoms with van der Waals surface area (Å²) >= 11 is 1.34. The highest BCUT2D eigenvalue weighted by atomic mass is 32.2. The van der Waals surface area contributed by atoms with E-state index in [0.29, 0.717) is 33.0 Å². The van der Waals surface area contributed by atoms with Gasteiger partial charge in [0.1, 0.15) is 0 Å². The number of hydrogen-bond donors (Lipinski definition) is 1. The van der Waals surface area contributed by atoms with Crippen LogP contribution in [0.5, 0.6) is 0 Å². The summed E-state index contributed by atoms with van der Waals surface area (Å²) in [5.41, 5.74) is 2.08. The van der Waals surface area contributed by atoms with Gasteiger partial charge in [-0.2, -0.15) is 0 Å². The second-order valence-electron chi connectivity index (χ2n) is 5.89. The summed E-state index contributed by atoms with van der Waals surface area (Å²) in [5, 5.41) is 13.5. The molecule has 1 N–H and O–H groups in total. The first-order valence-electron chi connectivity index (χ1n) is 8.95. The maximum Gasteiger partial charge on any atom is 0.269 e. The first kappa shape index (κ1) is 21.9. The van der Waals surface area contributed by atoms with Crippen LogP contribution in [-0.4, -0.2) is 36.4 Å². The van der Waals surface area contributed by atoms with Crippen LogP contribution in [-0.2, 0) is 27.4 Å². The number of carbonyl (C=O) groups is 1. The molecule has 150 valence electrons. The van der Waals surface area contributed by atoms with Crippen LogP contribution in [0, 0.1) is 10.1 Å². The van der Waals surface area contributed by atoms with Gasteiger partial charge in [0.15, 0.2) is 0 Å². The highest BCUT2D eigenvalue weighted by molar-refractivity contribution is 8.00. The van der Waals surface area contributed by atoms with E-state index in [1.165, 1.54) is 23.9 Å². The molecule has 0 aromatic heterocycles. The molecule has 8 heteroatoms. The molecule has 0 saturated carbocycles. The van der Waals surface area contributed by atoms with E-state index in [-0.39, 0.29) is 17.3 Å². The summed E-state index contributed by atoms with van der Waals surface area (Å²) in [6, 6.07) is 14.0. The van der Waals surface area contributed by atoms with Gasteiger partial charge in [-0.1, -0.05) is 24.3 Å². The monoisotopic (exact) mass is 404 g/mol. The van der Waals surface area contributed by atoms with Crippen molar-refractivity contribution in [2.75, 3.05) is 25.6 Å². The van der Waals surface area contributed by atoms with E-state index in [2.05, 4.69) is 5.32 Å². The number of nitrogens with zero attached hydrogens (tertiary/aromatic N) is 1. The highest BCUT2D eigenvalue weighted by Crippen LogP contribution is 2.21. The Balaban J connectivity index is 1.71. The van der Waals surface area contributed by atoms with E-state index in [0.717, 1.165) is 16.0 Å². The summed E-state index contributed by atoms with van der Waals surface area (Å²) in [4.78, 5) is 23.1. The van der Waals surface area contributed by atoms with Crippen molar-refractivity contribution in [3.05, 3.63) is 69.8 Å². The van der Waals surface area contributed by atoms with Crippen molar-refractivity contribution in [1.29, 1.82) is 0 Å². The molecule has 0 bridgehead atoms. The van der Waals surface area contributed by atoms with Gasteiger partial charge >= 0.3 is 0 Å². The molecule has 0 atom stereocenters. The van der Waals surface area contributed by atoms with Crippen LogP contribution in [0.1, 0.15) is 18.1 Å². The van der Waals surface area contributed by atoms with Crippen molar-refractivity contribution >= 4 is 23.4 Å². The van der Waals surface area contributed by atoms with E-state index in [1.54, 1.807) is 12.1 Å². The molecule has 0 heterocycles. The zero-order chi connectivity index (χ0) is 20.2. The summed E-state index contributed by atoms with van der Waals surface area (Å²) in [5.74, 6) is 0.152. The number of non-ortho nitro benzene ring substituents is 1. The predicted octanol–water partition coefficient (Wildman–Crippen LogP) is 3.56. The molecule has 2 aromatic carbocycles. The lowest BCUT2D eigenvalue weighted by atomic mass is 10.1. The Labute approximate surface area is 168 Å². The first-order chi connectivity index (χ1) is 13.6. The Morgan fingerprint density at radius 3 is 2.54 bits per heavy atom. The SMILES string of the molecule is CCOCCOCc1cccc(CNC(=O)CSc2ccc([N+](=O)[O-])cc2)c1. The minimum atomic E-state index is -0.445. The molecule has 0 saturated heterocycles. The Hall–Kier alpha value is -2.42. The molecule has 0 unspecified atom stereocenters. The number of amides is 1. The Bertz CT molecular complexity index is 767. The number of benzene rings is 2. The number of nitro benzene ring substituents is 1. The minimum absolute atomic E-state index is 0.0375. The predicted molar refractivity (Wildman–Crippen MR) is 108 cm³/mol. The molecule has 2 aromatic rings. The van der Waals surface area contributed by atoms with Gasteiger partial charge in [0.05, 0.1) is 30.5 Å². The third-order valence-corrected chi connectivity index (χ3v) is 4.76. The molecule has 2 rings (SSSR count). The zero-order valence-corrected chi connectivity index (χ0v) is 16.6. The van der Waals surface area contributed by atoms with Crippen LogP contribution in [0.4, 0.5) is 5.69 Å². The average molecular weight is 404 g/mol. The lowest BCUT2D eigenvalue weighted by Crippen LogP contribution is -2.24. The van der Waals surface area contributed by atoms with Crippen molar-refractivity contribution < 1.29 is 19.2 Å². The van der Waals surface area contributed by atoms with Gasteiger partial charge in [0, 0.05) is 30.2 Å². The normalized spacial score (nSPS) is 10.6. The second-order valence-corrected chi connectivity index (χ2v) is 6.93. The third-order valence-electron chi connectivity index (χ3n) is 3.74. The smallest absolute Gasteiger partial charge is 0.269 e. The van der Waals surface area contributed by atoms with Crippen LogP contribution in [0.2, 0.25) is 0 Å². The van der Waals surface area contributed by atoms with Crippen molar-refractivity contribution in [1.82, 2.24) is 5.32 Å². The van der Waals surface area contributed by atoms with E-state index in [1.807, 2.05) is 31.2 Å². The molecule has 7 nitrogen and oxygen atoms in total. The number of hydrogen-bond acceptors (Lipinski definition) is 6. The van der Waals surface area contributed by atoms with E-state index in [4.69, 9.17) is 9.47 Å². The Kier molecular flexibility index (Phi) is 9.47. The fourth-order valence-corrected chi connectivity index (χ4v) is 3.07. The molecule has 0 aliphatic heterocycles. The summed E-state index contributed by atoms with van der Waals surface area (Å²) in [6.07, 6.45) is 0. The van der Waals surface area contributed by atoms with E-state index >= 15 is 0 Å². The highest BCUT2D eigenvalue weighted by Gasteiger charge is 2.07. The fourth-order valence-electron chi connectivity index (χ4n) is 2.35. The molecule has 0 radical (unpaired) electrons. The number of rotatable bonds is 12. The van der Waals surface area contributed by atoms with Crippen molar-refractivity contribution in [3.63, 3.8) is 0 Å². The molecule has 0 aliphatic rings. The molecule has 28 heavy (non-hydrogen) atoms. The van der Waals surface area contributed by atoms with Gasteiger partial charge in [-0.15, -0.1) is 11.8 Å². The number of nitro groups is 1. The topological polar surface area (TPSA) is 90.7 Å². The second kappa shape index (κ2) is 12.1. The number of carbonyl (C=O) groups excluding carboxylic acids is 1. The lowest BCUT2D eigenvalue weighted by molar-refractivity contribution is -0.384. The Morgan fingerprint density at radius 1 is 1.11 bits per heavy atom. The minimum Gasteiger partial charge on any atom is -0.379 e. The van der Waals surface area contributed by atoms with Gasteiger partial charge in [-0.05, 0) is 30.2 Å². The van der Waals surface area contributed by atoms with Crippen molar-refractivity contribution in [2.45, 2.75) is 25.0 Å². The first-order valence-corrected chi connectivity index (χ1v) is 9.94. The maximum absolute atomic E-state index is 12.0. The largest absolute Gasteiger partial charge is 0.379 e. The van der Waals surface area contributed by atoms with Gasteiger partial charge in [-0.25, -0.2) is 0 Å². The zero-order valence-electron chi connectivity index (χ0n) is 15.8. The average Bonchev–Trinajstić information content (AvgIpc) is 2.71. The van der Waals surface area contributed by atoms with Crippen LogP contribution in [0.25, 0.3) is 0 Å². The summed E-state index contributed by atoms with van der Waals surface area (Å²) < 4.78 is 10.8. The Morgan fingerprint density at radius 2 is 1.82 bits per heavy atom. The van der Waals surface area contributed by atoms with E-state index in [9.17, 15) is 14.9 Å². The quantitative estimate of drug-likeness (QED) is 0.252. The fraction of sp³-hybridized carbons (Fsp3) is 0.350. The molecule has 0 aliphatic carbocycles. The van der Waals surface area contributed by atoms with Crippen LogP contribution < -0.4 is 5.32 Å².